The normalized spacial score (nSPS) is 12.1. The van der Waals surface area contributed by atoms with Crippen LogP contribution in [-0.2, 0) is 17.8 Å². The molecule has 1 atom stereocenters. The minimum absolute atomic E-state index is 0.136. The standard InChI is InChI=1S/C27H26ClN3O3/c28-21-13-10-18(11-14-21)17-29-27(34)20-12-15-22-24(16-20)30-23(8-4-5-9-25(32)33)26(31-22)19-6-2-1-3-7-19/h1-3,6-7,10-16,27,29,34H,4-5,8-9,17H2,(H,32,33). The summed E-state index contributed by atoms with van der Waals surface area (Å²) in [6.07, 6.45) is 1.18. The molecule has 0 fully saturated rings. The number of halogens is 1. The number of hydrogen-bond donors (Lipinski definition) is 3. The van der Waals surface area contributed by atoms with Gasteiger partial charge in [-0.25, -0.2) is 9.97 Å². The zero-order valence-electron chi connectivity index (χ0n) is 18.6. The second kappa shape index (κ2) is 11.2. The largest absolute Gasteiger partial charge is 0.481 e. The highest BCUT2D eigenvalue weighted by molar-refractivity contribution is 6.30. The van der Waals surface area contributed by atoms with E-state index in [-0.39, 0.29) is 6.42 Å². The van der Waals surface area contributed by atoms with Crippen molar-refractivity contribution >= 4 is 28.6 Å². The second-order valence-corrected chi connectivity index (χ2v) is 8.58. The number of aryl methyl sites for hydroxylation is 1. The third-order valence-electron chi connectivity index (χ3n) is 5.59. The fourth-order valence-electron chi connectivity index (χ4n) is 3.78. The van der Waals surface area contributed by atoms with Crippen molar-refractivity contribution < 1.29 is 15.0 Å². The number of aliphatic hydroxyl groups is 1. The van der Waals surface area contributed by atoms with Crippen molar-refractivity contribution in [1.29, 1.82) is 0 Å². The van der Waals surface area contributed by atoms with Crippen LogP contribution in [0.1, 0.15) is 42.3 Å². The first kappa shape index (κ1) is 23.8. The number of fused-ring (bicyclic) bond motifs is 1. The van der Waals surface area contributed by atoms with Crippen LogP contribution in [0.4, 0.5) is 0 Å². The fraction of sp³-hybridized carbons (Fsp3) is 0.222. The van der Waals surface area contributed by atoms with Gasteiger partial charge in [-0.3, -0.25) is 10.1 Å². The van der Waals surface area contributed by atoms with Crippen molar-refractivity contribution in [2.75, 3.05) is 0 Å². The summed E-state index contributed by atoms with van der Waals surface area (Å²) in [5.41, 5.74) is 5.74. The van der Waals surface area contributed by atoms with Crippen molar-refractivity contribution in [1.82, 2.24) is 15.3 Å². The number of unbranched alkanes of at least 4 members (excludes halogenated alkanes) is 1. The van der Waals surface area contributed by atoms with E-state index in [1.807, 2.05) is 72.8 Å². The zero-order valence-corrected chi connectivity index (χ0v) is 19.4. The van der Waals surface area contributed by atoms with Crippen LogP contribution in [0.15, 0.2) is 72.8 Å². The first-order valence-electron chi connectivity index (χ1n) is 11.2. The highest BCUT2D eigenvalue weighted by Crippen LogP contribution is 2.26. The molecule has 0 saturated carbocycles. The van der Waals surface area contributed by atoms with Gasteiger partial charge in [0.25, 0.3) is 0 Å². The lowest BCUT2D eigenvalue weighted by atomic mass is 10.0. The SMILES string of the molecule is O=C(O)CCCCc1nc2cc(C(O)NCc3ccc(Cl)cc3)ccc2nc1-c1ccccc1. The molecule has 4 rings (SSSR count). The molecular weight excluding hydrogens is 450 g/mol. The molecule has 0 radical (unpaired) electrons. The summed E-state index contributed by atoms with van der Waals surface area (Å²) < 4.78 is 0. The van der Waals surface area contributed by atoms with Crippen LogP contribution in [-0.4, -0.2) is 26.2 Å². The number of hydrogen-bond acceptors (Lipinski definition) is 5. The van der Waals surface area contributed by atoms with E-state index in [9.17, 15) is 9.90 Å². The van der Waals surface area contributed by atoms with E-state index in [1.54, 1.807) is 0 Å². The topological polar surface area (TPSA) is 95.3 Å². The van der Waals surface area contributed by atoms with E-state index in [2.05, 4.69) is 5.32 Å². The van der Waals surface area contributed by atoms with Gasteiger partial charge in [0.15, 0.2) is 0 Å². The molecule has 34 heavy (non-hydrogen) atoms. The third kappa shape index (κ3) is 6.17. The maximum atomic E-state index is 10.9. The summed E-state index contributed by atoms with van der Waals surface area (Å²) in [5.74, 6) is -0.794. The molecule has 1 aromatic heterocycles. The maximum absolute atomic E-state index is 10.9. The van der Waals surface area contributed by atoms with Gasteiger partial charge in [-0.2, -0.15) is 0 Å². The molecule has 0 spiro atoms. The van der Waals surface area contributed by atoms with Gasteiger partial charge in [0.1, 0.15) is 6.23 Å². The predicted octanol–water partition coefficient (Wildman–Crippen LogP) is 5.53. The Hall–Kier alpha value is -3.32. The smallest absolute Gasteiger partial charge is 0.303 e. The molecule has 0 aliphatic carbocycles. The highest BCUT2D eigenvalue weighted by atomic mass is 35.5. The molecule has 6 nitrogen and oxygen atoms in total. The van der Waals surface area contributed by atoms with Crippen LogP contribution < -0.4 is 5.32 Å². The molecule has 0 aliphatic rings. The monoisotopic (exact) mass is 475 g/mol. The number of aliphatic hydroxyl groups excluding tert-OH is 1. The summed E-state index contributed by atoms with van der Waals surface area (Å²) in [6.45, 7) is 0.490. The van der Waals surface area contributed by atoms with Gasteiger partial charge in [0.05, 0.1) is 22.4 Å². The summed E-state index contributed by atoms with van der Waals surface area (Å²) >= 11 is 5.93. The van der Waals surface area contributed by atoms with Gasteiger partial charge in [-0.1, -0.05) is 60.1 Å². The quantitative estimate of drug-likeness (QED) is 0.206. The van der Waals surface area contributed by atoms with Gasteiger partial charge in [-0.05, 0) is 54.7 Å². The minimum Gasteiger partial charge on any atom is -0.481 e. The summed E-state index contributed by atoms with van der Waals surface area (Å²) in [4.78, 5) is 20.6. The van der Waals surface area contributed by atoms with Crippen molar-refractivity contribution in [3.05, 3.63) is 94.6 Å². The Morgan fingerprint density at radius 3 is 2.44 bits per heavy atom. The van der Waals surface area contributed by atoms with Gasteiger partial charge in [-0.15, -0.1) is 0 Å². The first-order chi connectivity index (χ1) is 16.5. The van der Waals surface area contributed by atoms with Crippen LogP contribution >= 0.6 is 11.6 Å². The zero-order chi connectivity index (χ0) is 23.9. The Kier molecular flexibility index (Phi) is 7.85. The maximum Gasteiger partial charge on any atom is 0.303 e. The van der Waals surface area contributed by atoms with Crippen molar-refractivity contribution in [3.63, 3.8) is 0 Å². The first-order valence-corrected chi connectivity index (χ1v) is 11.6. The van der Waals surface area contributed by atoms with E-state index < -0.39 is 12.2 Å². The number of carboxylic acids is 1. The fourth-order valence-corrected chi connectivity index (χ4v) is 3.91. The van der Waals surface area contributed by atoms with Crippen molar-refractivity contribution in [2.24, 2.45) is 0 Å². The number of rotatable bonds is 10. The highest BCUT2D eigenvalue weighted by Gasteiger charge is 2.14. The average Bonchev–Trinajstić information content (AvgIpc) is 2.85. The van der Waals surface area contributed by atoms with Gasteiger partial charge in [0.2, 0.25) is 0 Å². The number of aliphatic carboxylic acids is 1. The average molecular weight is 476 g/mol. The number of benzene rings is 3. The number of nitrogens with one attached hydrogen (secondary N) is 1. The lowest BCUT2D eigenvalue weighted by Gasteiger charge is -2.15. The molecule has 1 unspecified atom stereocenters. The van der Waals surface area contributed by atoms with Crippen LogP contribution in [0.5, 0.6) is 0 Å². The molecule has 1 heterocycles. The molecule has 0 amide bonds. The molecule has 0 saturated heterocycles. The van der Waals surface area contributed by atoms with Gasteiger partial charge in [0, 0.05) is 23.6 Å². The van der Waals surface area contributed by atoms with Crippen molar-refractivity contribution in [2.45, 2.75) is 38.5 Å². The molecule has 3 aromatic carbocycles. The third-order valence-corrected chi connectivity index (χ3v) is 5.84. The van der Waals surface area contributed by atoms with E-state index in [4.69, 9.17) is 26.7 Å². The number of carboxylic acid groups (broad SMARTS) is 1. The Labute approximate surface area is 203 Å². The predicted molar refractivity (Wildman–Crippen MR) is 133 cm³/mol. The van der Waals surface area contributed by atoms with Crippen LogP contribution in [0.3, 0.4) is 0 Å². The number of carbonyl (C=O) groups is 1. The van der Waals surface area contributed by atoms with E-state index in [0.29, 0.717) is 41.9 Å². The lowest BCUT2D eigenvalue weighted by Crippen LogP contribution is -2.20. The molecule has 0 bridgehead atoms. The Morgan fingerprint density at radius 1 is 0.941 bits per heavy atom. The van der Waals surface area contributed by atoms with E-state index >= 15 is 0 Å². The molecule has 174 valence electrons. The molecule has 3 N–H and O–H groups in total. The van der Waals surface area contributed by atoms with Crippen molar-refractivity contribution in [3.8, 4) is 11.3 Å². The lowest BCUT2D eigenvalue weighted by molar-refractivity contribution is -0.137. The summed E-state index contributed by atoms with van der Waals surface area (Å²) in [5, 5.41) is 23.4. The molecule has 0 aliphatic heterocycles. The van der Waals surface area contributed by atoms with Crippen LogP contribution in [0.2, 0.25) is 5.02 Å². The summed E-state index contributed by atoms with van der Waals surface area (Å²) in [6, 6.07) is 22.9. The minimum atomic E-state index is -0.866. The Bertz CT molecular complexity index is 1260. The Balaban J connectivity index is 1.57. The van der Waals surface area contributed by atoms with E-state index in [0.717, 1.165) is 28.0 Å². The molecule has 7 heteroatoms. The molecule has 4 aromatic rings. The van der Waals surface area contributed by atoms with Gasteiger partial charge >= 0.3 is 5.97 Å². The van der Waals surface area contributed by atoms with Gasteiger partial charge < -0.3 is 10.2 Å². The number of nitrogens with zero attached hydrogens (tertiary/aromatic N) is 2. The molecular formula is C27H26ClN3O3. The second-order valence-electron chi connectivity index (χ2n) is 8.14. The number of aromatic nitrogens is 2. The van der Waals surface area contributed by atoms with Crippen LogP contribution in [0.25, 0.3) is 22.3 Å². The Morgan fingerprint density at radius 2 is 1.71 bits per heavy atom. The van der Waals surface area contributed by atoms with Crippen LogP contribution in [0, 0.1) is 0 Å². The summed E-state index contributed by atoms with van der Waals surface area (Å²) in [7, 11) is 0. The van der Waals surface area contributed by atoms with E-state index in [1.165, 1.54) is 0 Å².